The van der Waals surface area contributed by atoms with Crippen LogP contribution in [-0.2, 0) is 4.79 Å². The number of thioether (sulfide) groups is 1. The van der Waals surface area contributed by atoms with Crippen LogP contribution in [0.15, 0.2) is 84.1 Å². The van der Waals surface area contributed by atoms with Crippen LogP contribution in [0.25, 0.3) is 17.1 Å². The quantitative estimate of drug-likeness (QED) is 0.498. The highest BCUT2D eigenvalue weighted by Crippen LogP contribution is 2.29. The van der Waals surface area contributed by atoms with Crippen molar-refractivity contribution < 1.29 is 9.78 Å². The first kappa shape index (κ1) is 18.9. The fourth-order valence-electron chi connectivity index (χ4n) is 2.96. The van der Waals surface area contributed by atoms with Crippen molar-refractivity contribution in [1.29, 1.82) is 0 Å². The van der Waals surface area contributed by atoms with Gasteiger partial charge in [-0.05, 0) is 30.7 Å². The number of benzene rings is 2. The van der Waals surface area contributed by atoms with Crippen molar-refractivity contribution >= 4 is 23.5 Å². The lowest BCUT2D eigenvalue weighted by molar-refractivity contribution is -0.360. The highest BCUT2D eigenvalue weighted by molar-refractivity contribution is 7.99. The molecule has 0 spiro atoms. The number of nitrogens with zero attached hydrogens (tertiary/aromatic N) is 3. The topological polar surface area (TPSA) is 74.0 Å². The van der Waals surface area contributed by atoms with Gasteiger partial charge in [-0.3, -0.25) is 4.57 Å². The van der Waals surface area contributed by atoms with Gasteiger partial charge in [0.2, 0.25) is 0 Å². The summed E-state index contributed by atoms with van der Waals surface area (Å²) in [6, 6.07) is 23.5. The zero-order valence-electron chi connectivity index (χ0n) is 15.9. The Morgan fingerprint density at radius 1 is 1.00 bits per heavy atom. The van der Waals surface area contributed by atoms with Gasteiger partial charge in [-0.2, -0.15) is 0 Å². The molecule has 0 aliphatic rings. The van der Waals surface area contributed by atoms with Crippen LogP contribution in [0.2, 0.25) is 0 Å². The molecule has 1 amide bonds. The van der Waals surface area contributed by atoms with E-state index in [0.29, 0.717) is 11.0 Å². The summed E-state index contributed by atoms with van der Waals surface area (Å²) in [5.74, 6) is 1.52. The number of amides is 1. The molecule has 144 valence electrons. The summed E-state index contributed by atoms with van der Waals surface area (Å²) in [7, 11) is 0. The van der Waals surface area contributed by atoms with Gasteiger partial charge in [-0.1, -0.05) is 60.3 Å². The molecule has 6 nitrogen and oxygen atoms in total. The molecule has 0 aliphatic carbocycles. The Bertz CT molecular complexity index is 1110. The molecule has 2 aromatic heterocycles. The number of aromatic amines is 1. The van der Waals surface area contributed by atoms with E-state index in [1.807, 2.05) is 71.3 Å². The minimum Gasteiger partial charge on any atom is -0.270 e. The van der Waals surface area contributed by atoms with E-state index < -0.39 is 0 Å². The predicted octanol–water partition coefficient (Wildman–Crippen LogP) is 3.79. The second kappa shape index (κ2) is 8.70. The lowest BCUT2D eigenvalue weighted by Crippen LogP contribution is -2.20. The summed E-state index contributed by atoms with van der Waals surface area (Å²) in [5.41, 5.74) is 3.08. The minimum absolute atomic E-state index is 0.113. The van der Waals surface area contributed by atoms with Crippen LogP contribution in [0.5, 0.6) is 0 Å². The van der Waals surface area contributed by atoms with E-state index in [1.54, 1.807) is 6.20 Å². The molecule has 0 bridgehead atoms. The van der Waals surface area contributed by atoms with Crippen LogP contribution in [0.1, 0.15) is 5.56 Å². The van der Waals surface area contributed by atoms with Crippen molar-refractivity contribution in [2.24, 2.45) is 0 Å². The number of aryl methyl sites for hydroxylation is 1. The van der Waals surface area contributed by atoms with E-state index >= 15 is 0 Å². The van der Waals surface area contributed by atoms with E-state index in [4.69, 9.17) is 0 Å². The van der Waals surface area contributed by atoms with Gasteiger partial charge in [0.25, 0.3) is 5.82 Å². The van der Waals surface area contributed by atoms with E-state index in [9.17, 15) is 4.79 Å². The molecule has 0 radical (unpaired) electrons. The second-order valence-corrected chi connectivity index (χ2v) is 7.35. The van der Waals surface area contributed by atoms with E-state index in [0.717, 1.165) is 22.6 Å². The van der Waals surface area contributed by atoms with Gasteiger partial charge >= 0.3 is 5.91 Å². The summed E-state index contributed by atoms with van der Waals surface area (Å²) >= 11 is 1.35. The summed E-state index contributed by atoms with van der Waals surface area (Å²) in [5, 5.41) is 12.3. The van der Waals surface area contributed by atoms with Crippen molar-refractivity contribution in [1.82, 2.24) is 14.8 Å². The summed E-state index contributed by atoms with van der Waals surface area (Å²) in [6.45, 7) is 2.05. The second-order valence-electron chi connectivity index (χ2n) is 6.41. The van der Waals surface area contributed by atoms with Gasteiger partial charge in [0.15, 0.2) is 11.0 Å². The molecule has 0 atom stereocenters. The van der Waals surface area contributed by atoms with E-state index in [1.165, 1.54) is 11.8 Å². The Kier molecular flexibility index (Phi) is 5.67. The van der Waals surface area contributed by atoms with E-state index in [2.05, 4.69) is 33.5 Å². The van der Waals surface area contributed by atoms with Gasteiger partial charge in [0, 0.05) is 17.3 Å². The fraction of sp³-hybridized carbons (Fsp3) is 0.0909. The first-order chi connectivity index (χ1) is 14.2. The van der Waals surface area contributed by atoms with Gasteiger partial charge in [0.05, 0.1) is 6.20 Å². The first-order valence-electron chi connectivity index (χ1n) is 9.18. The number of pyridine rings is 1. The number of para-hydroxylation sites is 1. The summed E-state index contributed by atoms with van der Waals surface area (Å²) in [6.07, 6.45) is 1.77. The Hall–Kier alpha value is -3.45. The highest BCUT2D eigenvalue weighted by atomic mass is 32.2. The predicted molar refractivity (Wildman–Crippen MR) is 114 cm³/mol. The van der Waals surface area contributed by atoms with Crippen LogP contribution in [0.4, 0.5) is 5.82 Å². The number of carbonyl (C=O) groups is 1. The maximum atomic E-state index is 12.4. The van der Waals surface area contributed by atoms with Crippen LogP contribution in [-0.4, -0.2) is 26.4 Å². The first-order valence-corrected chi connectivity index (χ1v) is 10.2. The number of hydrogen-bond acceptors (Lipinski definition) is 4. The third-order valence-corrected chi connectivity index (χ3v) is 5.28. The molecular weight excluding hydrogens is 382 g/mol. The molecule has 0 saturated heterocycles. The van der Waals surface area contributed by atoms with Gasteiger partial charge in [-0.15, -0.1) is 10.2 Å². The monoisotopic (exact) mass is 402 g/mol. The Balaban J connectivity index is 1.62. The van der Waals surface area contributed by atoms with Gasteiger partial charge in [-0.25, -0.2) is 15.1 Å². The molecule has 0 unspecified atom stereocenters. The summed E-state index contributed by atoms with van der Waals surface area (Å²) in [4.78, 5) is 15.3. The van der Waals surface area contributed by atoms with Crippen molar-refractivity contribution in [2.45, 2.75) is 12.1 Å². The number of hydrogen-bond donors (Lipinski definition) is 1. The standard InChI is InChI=1S/C22H19N5OS/c1-16-9-5-6-12-18(16)21-25-26-22(27(21)17-10-3-2-4-11-17)29-15-20(28)24-19-13-7-8-14-23-19/h2-14H,15H2,1H3,(H,23,24,28)/p+1. The van der Waals surface area contributed by atoms with Gasteiger partial charge in [0.1, 0.15) is 5.75 Å². The maximum absolute atomic E-state index is 12.4. The van der Waals surface area contributed by atoms with Crippen molar-refractivity contribution in [2.75, 3.05) is 11.1 Å². The van der Waals surface area contributed by atoms with Crippen molar-refractivity contribution in [3.8, 4) is 17.1 Å². The van der Waals surface area contributed by atoms with Crippen LogP contribution in [0, 0.1) is 6.92 Å². The molecule has 4 aromatic rings. The van der Waals surface area contributed by atoms with Gasteiger partial charge < -0.3 is 0 Å². The molecule has 0 saturated carbocycles. The highest BCUT2D eigenvalue weighted by Gasteiger charge is 2.19. The zero-order valence-corrected chi connectivity index (χ0v) is 16.7. The smallest absolute Gasteiger partial charge is 0.270 e. The average molecular weight is 403 g/mol. The molecule has 2 N–H and O–H groups in total. The third kappa shape index (κ3) is 4.35. The fourth-order valence-corrected chi connectivity index (χ4v) is 3.71. The number of H-pyrrole nitrogens is 1. The molecular formula is C22H20N5OS+. The van der Waals surface area contributed by atoms with E-state index in [-0.39, 0.29) is 11.7 Å². The SMILES string of the molecule is Cc1ccccc1-c1nnc(SCC(=O)Nc2cccc[nH+]2)n1-c1ccccc1. The zero-order chi connectivity index (χ0) is 20.1. The van der Waals surface area contributed by atoms with Crippen LogP contribution >= 0.6 is 11.8 Å². The molecule has 0 fully saturated rings. The maximum Gasteiger partial charge on any atom is 0.317 e. The molecule has 7 heteroatoms. The number of anilines is 1. The Labute approximate surface area is 173 Å². The Morgan fingerprint density at radius 3 is 2.52 bits per heavy atom. The largest absolute Gasteiger partial charge is 0.317 e. The number of aromatic nitrogens is 4. The van der Waals surface area contributed by atoms with Crippen LogP contribution in [0.3, 0.4) is 0 Å². The lowest BCUT2D eigenvalue weighted by atomic mass is 10.1. The number of nitrogens with one attached hydrogen (secondary N) is 2. The normalized spacial score (nSPS) is 10.7. The Morgan fingerprint density at radius 2 is 1.76 bits per heavy atom. The minimum atomic E-state index is -0.113. The molecule has 2 aromatic carbocycles. The van der Waals surface area contributed by atoms with Crippen LogP contribution < -0.4 is 10.3 Å². The molecule has 2 heterocycles. The number of carbonyl (C=O) groups excluding carboxylic acids is 1. The lowest BCUT2D eigenvalue weighted by Gasteiger charge is -2.11. The molecule has 29 heavy (non-hydrogen) atoms. The third-order valence-electron chi connectivity index (χ3n) is 4.35. The number of rotatable bonds is 6. The van der Waals surface area contributed by atoms with Crippen molar-refractivity contribution in [3.05, 3.63) is 84.6 Å². The van der Waals surface area contributed by atoms with Crippen molar-refractivity contribution in [3.63, 3.8) is 0 Å². The molecule has 0 aliphatic heterocycles. The summed E-state index contributed by atoms with van der Waals surface area (Å²) < 4.78 is 1.99. The molecule has 4 rings (SSSR count). The average Bonchev–Trinajstić information content (AvgIpc) is 3.18.